The van der Waals surface area contributed by atoms with Gasteiger partial charge in [-0.3, -0.25) is 14.5 Å². The van der Waals surface area contributed by atoms with Crippen molar-refractivity contribution < 1.29 is 4.79 Å². The van der Waals surface area contributed by atoms with Crippen molar-refractivity contribution in [2.24, 2.45) is 12.8 Å². The molecular formula is C20H20ClN5O. The van der Waals surface area contributed by atoms with Crippen LogP contribution < -0.4 is 5.73 Å². The van der Waals surface area contributed by atoms with Crippen LogP contribution >= 0.6 is 11.6 Å². The van der Waals surface area contributed by atoms with Gasteiger partial charge in [0.15, 0.2) is 0 Å². The van der Waals surface area contributed by atoms with Crippen LogP contribution in [0.25, 0.3) is 11.3 Å². The second-order valence-electron chi connectivity index (χ2n) is 6.68. The average molecular weight is 382 g/mol. The van der Waals surface area contributed by atoms with E-state index in [2.05, 4.69) is 10.1 Å². The number of hydrogen-bond acceptors (Lipinski definition) is 4. The van der Waals surface area contributed by atoms with Gasteiger partial charge in [-0.1, -0.05) is 23.7 Å². The van der Waals surface area contributed by atoms with Crippen LogP contribution in [0.4, 0.5) is 0 Å². The van der Waals surface area contributed by atoms with Crippen molar-refractivity contribution in [2.75, 3.05) is 6.54 Å². The molecule has 0 spiro atoms. The molecule has 2 N–H and O–H groups in total. The number of amides is 1. The van der Waals surface area contributed by atoms with Gasteiger partial charge >= 0.3 is 0 Å². The third-order valence-electron chi connectivity index (χ3n) is 4.99. The van der Waals surface area contributed by atoms with E-state index >= 15 is 0 Å². The molecule has 0 unspecified atom stereocenters. The van der Waals surface area contributed by atoms with Crippen LogP contribution in [0.5, 0.6) is 0 Å². The molecule has 1 aliphatic rings. The number of aryl methyl sites for hydroxylation is 1. The molecule has 0 saturated heterocycles. The molecule has 6 nitrogen and oxygen atoms in total. The number of rotatable bonds is 5. The summed E-state index contributed by atoms with van der Waals surface area (Å²) in [5.41, 5.74) is 10.4. The number of carbonyl (C=O) groups is 1. The van der Waals surface area contributed by atoms with Crippen LogP contribution in [0.1, 0.15) is 21.6 Å². The molecule has 1 aromatic carbocycles. The predicted octanol–water partition coefficient (Wildman–Crippen LogP) is 2.66. The largest absolute Gasteiger partial charge is 0.330 e. The van der Waals surface area contributed by atoms with Crippen LogP contribution in [-0.2, 0) is 20.0 Å². The van der Waals surface area contributed by atoms with E-state index in [1.165, 1.54) is 0 Å². The fourth-order valence-electron chi connectivity index (χ4n) is 3.60. The SMILES string of the molecule is Cn1ncc(Cl)c1-c1ccc2c(c1)CN([C@H](CN)Cc1ccccn1)C2=O. The molecule has 3 heterocycles. The minimum Gasteiger partial charge on any atom is -0.330 e. The van der Waals surface area contributed by atoms with Gasteiger partial charge in [-0.2, -0.15) is 5.10 Å². The molecule has 27 heavy (non-hydrogen) atoms. The summed E-state index contributed by atoms with van der Waals surface area (Å²) in [5, 5.41) is 4.78. The van der Waals surface area contributed by atoms with Crippen LogP contribution in [-0.4, -0.2) is 38.2 Å². The molecule has 138 valence electrons. The lowest BCUT2D eigenvalue weighted by Crippen LogP contribution is -2.42. The van der Waals surface area contributed by atoms with E-state index in [4.69, 9.17) is 17.3 Å². The first-order chi connectivity index (χ1) is 13.1. The number of nitrogens with zero attached hydrogens (tertiary/aromatic N) is 4. The molecular weight excluding hydrogens is 362 g/mol. The Morgan fingerprint density at radius 2 is 2.15 bits per heavy atom. The number of aromatic nitrogens is 3. The number of nitrogens with two attached hydrogens (primary N) is 1. The van der Waals surface area contributed by atoms with Crippen LogP contribution in [0.2, 0.25) is 5.02 Å². The minimum atomic E-state index is -0.0939. The zero-order valence-electron chi connectivity index (χ0n) is 15.0. The molecule has 4 rings (SSSR count). The molecule has 1 atom stereocenters. The number of hydrogen-bond donors (Lipinski definition) is 1. The first kappa shape index (κ1) is 17.7. The van der Waals surface area contributed by atoms with Gasteiger partial charge in [0.1, 0.15) is 0 Å². The minimum absolute atomic E-state index is 0.0130. The molecule has 7 heteroatoms. The van der Waals surface area contributed by atoms with Gasteiger partial charge in [-0.05, 0) is 29.8 Å². The van der Waals surface area contributed by atoms with Crippen molar-refractivity contribution in [3.05, 3.63) is 70.6 Å². The lowest BCUT2D eigenvalue weighted by molar-refractivity contribution is 0.0707. The van der Waals surface area contributed by atoms with Crippen molar-refractivity contribution in [1.82, 2.24) is 19.7 Å². The molecule has 1 amide bonds. The fraction of sp³-hybridized carbons (Fsp3) is 0.250. The molecule has 0 aliphatic carbocycles. The van der Waals surface area contributed by atoms with Crippen molar-refractivity contribution in [3.63, 3.8) is 0 Å². The second-order valence-corrected chi connectivity index (χ2v) is 7.09. The standard InChI is InChI=1S/C20H20ClN5O/c1-25-19(18(21)11-24-25)13-5-6-17-14(8-13)12-26(20(17)27)16(10-22)9-15-4-2-3-7-23-15/h2-8,11,16H,9-10,12,22H2,1H3/t16-/m0/s1. The number of halogens is 1. The van der Waals surface area contributed by atoms with E-state index < -0.39 is 0 Å². The summed E-state index contributed by atoms with van der Waals surface area (Å²) in [6.07, 6.45) is 4.02. The summed E-state index contributed by atoms with van der Waals surface area (Å²) >= 11 is 6.27. The third-order valence-corrected chi connectivity index (χ3v) is 5.27. The number of pyridine rings is 1. The van der Waals surface area contributed by atoms with Gasteiger partial charge in [-0.15, -0.1) is 0 Å². The quantitative estimate of drug-likeness (QED) is 0.737. The van der Waals surface area contributed by atoms with E-state index in [9.17, 15) is 4.79 Å². The zero-order valence-corrected chi connectivity index (χ0v) is 15.7. The molecule has 0 fully saturated rings. The lowest BCUT2D eigenvalue weighted by atomic mass is 10.0. The van der Waals surface area contributed by atoms with Gasteiger partial charge in [0.2, 0.25) is 0 Å². The lowest BCUT2D eigenvalue weighted by Gasteiger charge is -2.26. The highest BCUT2D eigenvalue weighted by Gasteiger charge is 2.32. The fourth-order valence-corrected chi connectivity index (χ4v) is 3.88. The summed E-state index contributed by atoms with van der Waals surface area (Å²) < 4.78 is 1.74. The van der Waals surface area contributed by atoms with E-state index in [1.807, 2.05) is 48.3 Å². The Morgan fingerprint density at radius 1 is 1.30 bits per heavy atom. The Kier molecular flexibility index (Phi) is 4.68. The van der Waals surface area contributed by atoms with Crippen molar-refractivity contribution in [1.29, 1.82) is 0 Å². The Labute approximate surface area is 162 Å². The van der Waals surface area contributed by atoms with Gasteiger partial charge in [0, 0.05) is 49.6 Å². The molecule has 0 bridgehead atoms. The van der Waals surface area contributed by atoms with Crippen LogP contribution in [0.15, 0.2) is 48.8 Å². The maximum atomic E-state index is 12.9. The first-order valence-corrected chi connectivity index (χ1v) is 9.18. The summed E-state index contributed by atoms with van der Waals surface area (Å²) in [6, 6.07) is 11.5. The van der Waals surface area contributed by atoms with E-state index in [0.717, 1.165) is 28.1 Å². The van der Waals surface area contributed by atoms with E-state index in [1.54, 1.807) is 17.1 Å². The van der Waals surface area contributed by atoms with E-state index in [0.29, 0.717) is 24.5 Å². The highest BCUT2D eigenvalue weighted by Crippen LogP contribution is 2.32. The van der Waals surface area contributed by atoms with Gasteiger partial charge in [0.05, 0.1) is 23.0 Å². The normalized spacial score (nSPS) is 14.5. The Bertz CT molecular complexity index is 966. The highest BCUT2D eigenvalue weighted by molar-refractivity contribution is 6.33. The maximum absolute atomic E-state index is 12.9. The monoisotopic (exact) mass is 381 g/mol. The van der Waals surface area contributed by atoms with Crippen molar-refractivity contribution >= 4 is 17.5 Å². The van der Waals surface area contributed by atoms with E-state index in [-0.39, 0.29) is 11.9 Å². The van der Waals surface area contributed by atoms with Crippen molar-refractivity contribution in [2.45, 2.75) is 19.0 Å². The Hall–Kier alpha value is -2.70. The average Bonchev–Trinajstić information content (AvgIpc) is 3.19. The molecule has 3 aromatic rings. The molecule has 1 aliphatic heterocycles. The van der Waals surface area contributed by atoms with Crippen LogP contribution in [0, 0.1) is 0 Å². The summed E-state index contributed by atoms with van der Waals surface area (Å²) in [4.78, 5) is 19.1. The highest BCUT2D eigenvalue weighted by atomic mass is 35.5. The van der Waals surface area contributed by atoms with Gasteiger partial charge < -0.3 is 10.6 Å². The first-order valence-electron chi connectivity index (χ1n) is 8.80. The number of carbonyl (C=O) groups excluding carboxylic acids is 1. The van der Waals surface area contributed by atoms with Gasteiger partial charge in [0.25, 0.3) is 5.91 Å². The number of fused-ring (bicyclic) bond motifs is 1. The second kappa shape index (κ2) is 7.13. The maximum Gasteiger partial charge on any atom is 0.254 e. The smallest absolute Gasteiger partial charge is 0.254 e. The van der Waals surface area contributed by atoms with Crippen LogP contribution in [0.3, 0.4) is 0 Å². The van der Waals surface area contributed by atoms with Gasteiger partial charge in [-0.25, -0.2) is 0 Å². The number of benzene rings is 1. The zero-order chi connectivity index (χ0) is 19.0. The Morgan fingerprint density at radius 3 is 2.81 bits per heavy atom. The summed E-state index contributed by atoms with van der Waals surface area (Å²) in [7, 11) is 1.85. The summed E-state index contributed by atoms with van der Waals surface area (Å²) in [5.74, 6) is 0.0130. The summed E-state index contributed by atoms with van der Waals surface area (Å²) in [6.45, 7) is 0.920. The molecule has 2 aromatic heterocycles. The predicted molar refractivity (Wildman–Crippen MR) is 104 cm³/mol. The Balaban J connectivity index is 1.61. The molecule has 0 radical (unpaired) electrons. The topological polar surface area (TPSA) is 77.0 Å². The molecule has 0 saturated carbocycles. The van der Waals surface area contributed by atoms with Crippen molar-refractivity contribution in [3.8, 4) is 11.3 Å². The third kappa shape index (κ3) is 3.22.